The quantitative estimate of drug-likeness (QED) is 0.100. The van der Waals surface area contributed by atoms with Crippen LogP contribution in [0.4, 0.5) is 11.4 Å². The van der Waals surface area contributed by atoms with Crippen molar-refractivity contribution < 1.29 is 0 Å². The van der Waals surface area contributed by atoms with E-state index >= 15 is 0 Å². The number of anilines is 2. The summed E-state index contributed by atoms with van der Waals surface area (Å²) < 4.78 is 0. The maximum Gasteiger partial charge on any atom is 0.0361 e. The van der Waals surface area contributed by atoms with Crippen LogP contribution in [0.1, 0.15) is 66.8 Å². The van der Waals surface area contributed by atoms with Crippen molar-refractivity contribution in [3.05, 3.63) is 346 Å². The molecule has 0 radical (unpaired) electrons. The molecule has 2 heteroatoms. The molecule has 0 aliphatic carbocycles. The molecule has 0 unspecified atom stereocenters. The lowest BCUT2D eigenvalue weighted by atomic mass is 9.84. The summed E-state index contributed by atoms with van der Waals surface area (Å²) in [5.74, 6) is 0. The van der Waals surface area contributed by atoms with Crippen LogP contribution >= 0.6 is 0 Å². The maximum absolute atomic E-state index is 2.44. The van der Waals surface area contributed by atoms with E-state index in [1.807, 2.05) is 0 Å². The van der Waals surface area contributed by atoms with Crippen molar-refractivity contribution in [2.45, 2.75) is 41.5 Å². The van der Waals surface area contributed by atoms with Crippen molar-refractivity contribution in [3.8, 4) is 66.8 Å². The predicted molar refractivity (Wildman–Crippen MR) is 408 cm³/mol. The number of fused-ring (bicyclic) bond motifs is 3. The van der Waals surface area contributed by atoms with Gasteiger partial charge in [-0.3, -0.25) is 0 Å². The Labute approximate surface area is 555 Å². The topological polar surface area (TPSA) is 6.48 Å². The van der Waals surface area contributed by atoms with E-state index in [2.05, 4.69) is 371 Å². The second-order valence-electron chi connectivity index (χ2n) is 26.1. The van der Waals surface area contributed by atoms with E-state index < -0.39 is 0 Å². The molecule has 0 atom stereocenters. The van der Waals surface area contributed by atoms with Gasteiger partial charge in [-0.1, -0.05) is 255 Å². The van der Waals surface area contributed by atoms with E-state index in [0.29, 0.717) is 0 Å². The van der Waals surface area contributed by atoms with E-state index in [1.54, 1.807) is 0 Å². The average molecular weight is 1210 g/mol. The lowest BCUT2D eigenvalue weighted by Gasteiger charge is -2.20. The molecule has 0 spiro atoms. The lowest BCUT2D eigenvalue weighted by molar-refractivity contribution is 1.13. The monoisotopic (exact) mass is 1210 g/mol. The van der Waals surface area contributed by atoms with Crippen molar-refractivity contribution in [2.75, 3.05) is 38.0 Å². The molecule has 0 fully saturated rings. The normalized spacial score (nSPS) is 11.9. The van der Waals surface area contributed by atoms with Gasteiger partial charge in [0.05, 0.1) is 0 Å². The molecule has 456 valence electrons. The molecule has 0 saturated carbocycles. The smallest absolute Gasteiger partial charge is 0.0361 e. The molecule has 0 aliphatic heterocycles. The van der Waals surface area contributed by atoms with Gasteiger partial charge in [0.1, 0.15) is 0 Å². The summed E-state index contributed by atoms with van der Waals surface area (Å²) in [4.78, 5) is 4.33. The number of benzene rings is 14. The molecule has 0 saturated heterocycles. The lowest BCUT2D eigenvalue weighted by Crippen LogP contribution is -2.08. The third kappa shape index (κ3) is 12.0. The highest BCUT2D eigenvalue weighted by Crippen LogP contribution is 2.45. The number of hydrogen-bond acceptors (Lipinski definition) is 2. The maximum atomic E-state index is 2.44. The van der Waals surface area contributed by atoms with Crippen molar-refractivity contribution in [1.29, 1.82) is 0 Å². The van der Waals surface area contributed by atoms with Gasteiger partial charge in [0.25, 0.3) is 0 Å². The molecule has 2 nitrogen and oxygen atoms in total. The molecule has 0 aliphatic rings. The van der Waals surface area contributed by atoms with Gasteiger partial charge in [-0.15, -0.1) is 0 Å². The van der Waals surface area contributed by atoms with Crippen LogP contribution in [-0.4, -0.2) is 28.2 Å². The van der Waals surface area contributed by atoms with E-state index in [9.17, 15) is 0 Å². The van der Waals surface area contributed by atoms with Crippen molar-refractivity contribution in [2.24, 2.45) is 0 Å². The third-order valence-corrected chi connectivity index (χ3v) is 19.6. The first kappa shape index (κ1) is 60.5. The molecule has 0 amide bonds. The highest BCUT2D eigenvalue weighted by Gasteiger charge is 2.20. The fourth-order valence-corrected chi connectivity index (χ4v) is 13.6. The molecule has 0 bridgehead atoms. The minimum Gasteiger partial charge on any atom is -0.378 e. The summed E-state index contributed by atoms with van der Waals surface area (Å²) in [6.07, 6.45) is 4.84. The van der Waals surface area contributed by atoms with Crippen molar-refractivity contribution in [3.63, 3.8) is 0 Å². The largest absolute Gasteiger partial charge is 0.378 e. The Morgan fingerprint density at radius 1 is 0.223 bits per heavy atom. The third-order valence-electron chi connectivity index (χ3n) is 19.6. The van der Waals surface area contributed by atoms with Crippen LogP contribution in [0, 0.1) is 41.5 Å². The minimum absolute atomic E-state index is 1.17. The van der Waals surface area contributed by atoms with Crippen LogP contribution in [-0.2, 0) is 0 Å². The summed E-state index contributed by atoms with van der Waals surface area (Å²) in [6.45, 7) is 13.5. The SMILES string of the molecule is Cc1cc2c(/C=C(\c3ccc(-c4ccc(-c5ccccc5)cc4)cc3)c3ccc(N(C)C)cc3)ccc(-c3ccc(-c4ccc(/C=C(\c5ccc(-c6ccc(-c7ccccc7)cc6)cc5)c5ccc(N(C)C)cc5)c5cc(C)c(C)cc45)c4cc(C)c(C)cc34)c2cc1C. The van der Waals surface area contributed by atoms with Crippen LogP contribution in [0.2, 0.25) is 0 Å². The highest BCUT2D eigenvalue weighted by molar-refractivity contribution is 6.15. The first-order valence-corrected chi connectivity index (χ1v) is 32.8. The molecule has 0 N–H and O–H groups in total. The Hall–Kier alpha value is -11.1. The molecule has 0 heterocycles. The van der Waals surface area contributed by atoms with Crippen molar-refractivity contribution >= 4 is 67.0 Å². The number of nitrogens with zero attached hydrogens (tertiary/aromatic N) is 2. The van der Waals surface area contributed by atoms with E-state index in [4.69, 9.17) is 0 Å². The van der Waals surface area contributed by atoms with Crippen LogP contribution in [0.5, 0.6) is 0 Å². The van der Waals surface area contributed by atoms with Gasteiger partial charge in [0, 0.05) is 39.6 Å². The van der Waals surface area contributed by atoms with Gasteiger partial charge >= 0.3 is 0 Å². The molecule has 94 heavy (non-hydrogen) atoms. The Balaban J connectivity index is 0.870. The predicted octanol–water partition coefficient (Wildman–Crippen LogP) is 24.3. The standard InChI is InChI=1S/C92H78N2/c1-59-51-87-77(57-85(75-37-43-79(44-38-75)93(7)8)73-33-29-71(30-34-73)69-25-21-67(22-26-69)65-17-13-11-14-18-65)41-47-81(89(87)53-61(59)3)83-49-50-84(92-56-64(6)63(5)55-91(83)92)82-48-42-78(88-52-60(2)62(4)54-90(82)88)58-86(76-39-45-80(46-40-76)94(9)10)74-35-31-72(32-36-74)70-27-23-68(24-28-70)66-19-15-12-16-20-66/h11-58H,1-10H3/b85-57+,86-58+. The minimum atomic E-state index is 1.17. The summed E-state index contributed by atoms with van der Waals surface area (Å²) >= 11 is 0. The summed E-state index contributed by atoms with van der Waals surface area (Å²) in [6, 6.07) is 104. The second kappa shape index (κ2) is 25.6. The van der Waals surface area contributed by atoms with Gasteiger partial charge in [-0.05, 0) is 255 Å². The first-order chi connectivity index (χ1) is 45.7. The fourth-order valence-electron chi connectivity index (χ4n) is 13.6. The van der Waals surface area contributed by atoms with Gasteiger partial charge in [-0.2, -0.15) is 0 Å². The fraction of sp³-hybridized carbons (Fsp3) is 0.109. The van der Waals surface area contributed by atoms with Gasteiger partial charge in [0.2, 0.25) is 0 Å². The zero-order valence-corrected chi connectivity index (χ0v) is 55.6. The Morgan fingerprint density at radius 3 is 0.702 bits per heavy atom. The van der Waals surface area contributed by atoms with Crippen LogP contribution < -0.4 is 9.80 Å². The molecular formula is C92H78N2. The van der Waals surface area contributed by atoms with E-state index in [1.165, 1.54) is 188 Å². The Bertz CT molecular complexity index is 4870. The van der Waals surface area contributed by atoms with E-state index in [0.717, 1.165) is 0 Å². The summed E-state index contributed by atoms with van der Waals surface area (Å²) in [5.41, 5.74) is 33.9. The summed E-state index contributed by atoms with van der Waals surface area (Å²) in [7, 11) is 8.41. The van der Waals surface area contributed by atoms with Gasteiger partial charge in [0.15, 0.2) is 0 Å². The first-order valence-electron chi connectivity index (χ1n) is 32.8. The van der Waals surface area contributed by atoms with Gasteiger partial charge < -0.3 is 9.80 Å². The van der Waals surface area contributed by atoms with Crippen LogP contribution in [0.15, 0.2) is 279 Å². The number of rotatable bonds is 14. The Kier molecular flexibility index (Phi) is 16.4. The molecule has 0 aromatic heterocycles. The molecule has 14 aromatic rings. The molecule has 14 aromatic carbocycles. The highest BCUT2D eigenvalue weighted by atomic mass is 15.1. The number of hydrogen-bond donors (Lipinski definition) is 0. The van der Waals surface area contributed by atoms with Crippen LogP contribution in [0.3, 0.4) is 0 Å². The summed E-state index contributed by atoms with van der Waals surface area (Å²) in [5, 5.41) is 7.45. The van der Waals surface area contributed by atoms with E-state index in [-0.39, 0.29) is 0 Å². The Morgan fingerprint density at radius 2 is 0.436 bits per heavy atom. The molecular weight excluding hydrogens is 1130 g/mol. The molecule has 14 rings (SSSR count). The zero-order valence-electron chi connectivity index (χ0n) is 55.6. The second-order valence-corrected chi connectivity index (χ2v) is 26.1. The van der Waals surface area contributed by atoms with Crippen molar-refractivity contribution in [1.82, 2.24) is 0 Å². The van der Waals surface area contributed by atoms with Gasteiger partial charge in [-0.25, -0.2) is 0 Å². The zero-order chi connectivity index (χ0) is 64.7. The van der Waals surface area contributed by atoms with Crippen LogP contribution in [0.25, 0.3) is 122 Å². The number of aryl methyl sites for hydroxylation is 6. The average Bonchev–Trinajstić information content (AvgIpc) is 0.744.